The standard InChI is InChI=1S/C28H43N3O4/c32-18-11-29-12-19-33-21-14-30(25-27-7-3-1-4-8-27)16-23-35-24-17-31(15-22-34-20-13-29)26-28-9-5-2-6-10-28/h1-10,32H,11-26H2. The Kier molecular flexibility index (Phi) is 13.9. The van der Waals surface area contributed by atoms with E-state index in [1.54, 1.807) is 0 Å². The van der Waals surface area contributed by atoms with Crippen LogP contribution in [0.15, 0.2) is 60.7 Å². The van der Waals surface area contributed by atoms with Crippen LogP contribution in [0.25, 0.3) is 0 Å². The molecule has 35 heavy (non-hydrogen) atoms. The summed E-state index contributed by atoms with van der Waals surface area (Å²) in [6, 6.07) is 21.1. The smallest absolute Gasteiger partial charge is 0.0594 e. The third-order valence-corrected chi connectivity index (χ3v) is 6.23. The molecular formula is C28H43N3O4. The van der Waals surface area contributed by atoms with Gasteiger partial charge in [-0.1, -0.05) is 60.7 Å². The maximum Gasteiger partial charge on any atom is 0.0594 e. The summed E-state index contributed by atoms with van der Waals surface area (Å²) in [5, 5.41) is 9.42. The molecule has 0 amide bonds. The maximum atomic E-state index is 9.42. The minimum Gasteiger partial charge on any atom is -0.395 e. The van der Waals surface area contributed by atoms with E-state index in [0.717, 1.165) is 52.4 Å². The highest BCUT2D eigenvalue weighted by Crippen LogP contribution is 2.06. The van der Waals surface area contributed by atoms with Crippen molar-refractivity contribution in [3.8, 4) is 0 Å². The number of hydrogen-bond donors (Lipinski definition) is 1. The largest absolute Gasteiger partial charge is 0.395 e. The average molecular weight is 486 g/mol. The minimum atomic E-state index is 0.149. The second-order valence-corrected chi connectivity index (χ2v) is 8.93. The van der Waals surface area contributed by atoms with Gasteiger partial charge in [-0.25, -0.2) is 0 Å². The highest BCUT2D eigenvalue weighted by atomic mass is 16.5. The van der Waals surface area contributed by atoms with E-state index >= 15 is 0 Å². The van der Waals surface area contributed by atoms with E-state index in [1.807, 2.05) is 0 Å². The molecule has 0 spiro atoms. The average Bonchev–Trinajstić information content (AvgIpc) is 2.88. The van der Waals surface area contributed by atoms with Gasteiger partial charge in [0.1, 0.15) is 0 Å². The fourth-order valence-corrected chi connectivity index (χ4v) is 4.17. The van der Waals surface area contributed by atoms with Crippen LogP contribution in [0.3, 0.4) is 0 Å². The molecule has 2 aromatic rings. The van der Waals surface area contributed by atoms with Gasteiger partial charge in [-0.2, -0.15) is 0 Å². The van der Waals surface area contributed by atoms with Crippen LogP contribution in [-0.2, 0) is 27.3 Å². The van der Waals surface area contributed by atoms with Gasteiger partial charge in [0.15, 0.2) is 0 Å². The molecule has 7 nitrogen and oxygen atoms in total. The van der Waals surface area contributed by atoms with E-state index in [4.69, 9.17) is 14.2 Å². The van der Waals surface area contributed by atoms with Crippen LogP contribution in [0.2, 0.25) is 0 Å². The van der Waals surface area contributed by atoms with Gasteiger partial charge in [-0.05, 0) is 11.1 Å². The molecule has 1 N–H and O–H groups in total. The van der Waals surface area contributed by atoms with Gasteiger partial charge >= 0.3 is 0 Å². The van der Waals surface area contributed by atoms with E-state index in [2.05, 4.69) is 75.4 Å². The minimum absolute atomic E-state index is 0.149. The molecule has 0 aromatic heterocycles. The lowest BCUT2D eigenvalue weighted by Gasteiger charge is -2.26. The van der Waals surface area contributed by atoms with E-state index in [0.29, 0.717) is 46.2 Å². The van der Waals surface area contributed by atoms with Crippen LogP contribution in [0.4, 0.5) is 0 Å². The molecule has 0 unspecified atom stereocenters. The summed E-state index contributed by atoms with van der Waals surface area (Å²) in [5.74, 6) is 0. The highest BCUT2D eigenvalue weighted by molar-refractivity contribution is 5.15. The number of aliphatic hydroxyl groups excluding tert-OH is 1. The number of rotatable bonds is 6. The molecule has 1 fully saturated rings. The molecule has 0 radical (unpaired) electrons. The second-order valence-electron chi connectivity index (χ2n) is 8.93. The molecule has 7 heteroatoms. The molecule has 0 bridgehead atoms. The van der Waals surface area contributed by atoms with Crippen LogP contribution in [0.1, 0.15) is 11.1 Å². The van der Waals surface area contributed by atoms with E-state index in [-0.39, 0.29) is 6.61 Å². The molecule has 3 rings (SSSR count). The first kappa shape index (κ1) is 27.7. The third kappa shape index (κ3) is 12.1. The van der Waals surface area contributed by atoms with Gasteiger partial charge < -0.3 is 19.3 Å². The second kappa shape index (κ2) is 17.6. The van der Waals surface area contributed by atoms with Crippen LogP contribution >= 0.6 is 0 Å². The first-order valence-corrected chi connectivity index (χ1v) is 12.9. The van der Waals surface area contributed by atoms with Gasteiger partial charge in [-0.3, -0.25) is 14.7 Å². The first-order valence-electron chi connectivity index (χ1n) is 12.9. The van der Waals surface area contributed by atoms with E-state index < -0.39 is 0 Å². The number of hydrogen-bond acceptors (Lipinski definition) is 7. The Hall–Kier alpha value is -1.84. The fourth-order valence-electron chi connectivity index (χ4n) is 4.17. The Labute approximate surface area is 211 Å². The van der Waals surface area contributed by atoms with Crippen LogP contribution in [0.5, 0.6) is 0 Å². The van der Waals surface area contributed by atoms with Crippen molar-refractivity contribution in [2.45, 2.75) is 13.1 Å². The summed E-state index contributed by atoms with van der Waals surface area (Å²) in [4.78, 5) is 7.01. The number of β-amino-alcohol motifs (C(OH)–C–C–N with tert-alkyl or cyclic N) is 1. The van der Waals surface area contributed by atoms with Gasteiger partial charge in [-0.15, -0.1) is 0 Å². The van der Waals surface area contributed by atoms with Crippen molar-refractivity contribution in [3.05, 3.63) is 71.8 Å². The summed E-state index contributed by atoms with van der Waals surface area (Å²) in [7, 11) is 0. The van der Waals surface area contributed by atoms with Crippen LogP contribution in [-0.4, -0.2) is 112 Å². The van der Waals surface area contributed by atoms with Gasteiger partial charge in [0.2, 0.25) is 0 Å². The lowest BCUT2D eigenvalue weighted by atomic mass is 10.2. The van der Waals surface area contributed by atoms with E-state index in [9.17, 15) is 5.11 Å². The Morgan fingerprint density at radius 2 is 0.857 bits per heavy atom. The first-order chi connectivity index (χ1) is 17.3. The molecule has 194 valence electrons. The zero-order valence-corrected chi connectivity index (χ0v) is 21.1. The molecule has 1 aliphatic rings. The van der Waals surface area contributed by atoms with E-state index in [1.165, 1.54) is 11.1 Å². The fraction of sp³-hybridized carbons (Fsp3) is 0.571. The third-order valence-electron chi connectivity index (χ3n) is 6.23. The lowest BCUT2D eigenvalue weighted by Crippen LogP contribution is -2.36. The number of ether oxygens (including phenoxy) is 3. The van der Waals surface area contributed by atoms with Crippen LogP contribution < -0.4 is 0 Å². The Morgan fingerprint density at radius 1 is 0.514 bits per heavy atom. The summed E-state index contributed by atoms with van der Waals surface area (Å²) in [6.07, 6.45) is 0. The molecule has 1 heterocycles. The summed E-state index contributed by atoms with van der Waals surface area (Å²) < 4.78 is 17.9. The predicted molar refractivity (Wildman–Crippen MR) is 139 cm³/mol. The molecular weight excluding hydrogens is 442 g/mol. The summed E-state index contributed by atoms with van der Waals surface area (Å²) in [5.41, 5.74) is 2.61. The Morgan fingerprint density at radius 3 is 1.20 bits per heavy atom. The van der Waals surface area contributed by atoms with Crippen molar-refractivity contribution in [1.29, 1.82) is 0 Å². The monoisotopic (exact) mass is 485 g/mol. The number of benzene rings is 2. The quantitative estimate of drug-likeness (QED) is 0.674. The highest BCUT2D eigenvalue weighted by Gasteiger charge is 2.10. The van der Waals surface area contributed by atoms with Crippen molar-refractivity contribution < 1.29 is 19.3 Å². The zero-order valence-electron chi connectivity index (χ0n) is 21.1. The van der Waals surface area contributed by atoms with Crippen molar-refractivity contribution in [1.82, 2.24) is 14.7 Å². The SMILES string of the molecule is OCCN1CCOCCN(Cc2ccccc2)CCOCCN(Cc2ccccc2)CCOCC1. The molecule has 0 saturated carbocycles. The Balaban J connectivity index is 1.55. The molecule has 1 aliphatic heterocycles. The molecule has 1 saturated heterocycles. The van der Waals surface area contributed by atoms with Gasteiger partial charge in [0.05, 0.1) is 46.2 Å². The molecule has 2 aromatic carbocycles. The van der Waals surface area contributed by atoms with Crippen molar-refractivity contribution in [2.24, 2.45) is 0 Å². The number of nitrogens with zero attached hydrogens (tertiary/aromatic N) is 3. The van der Waals surface area contributed by atoms with Crippen molar-refractivity contribution in [2.75, 3.05) is 92.1 Å². The number of aliphatic hydroxyl groups is 1. The predicted octanol–water partition coefficient (Wildman–Crippen LogP) is 2.35. The topological polar surface area (TPSA) is 57.6 Å². The molecule has 0 atom stereocenters. The van der Waals surface area contributed by atoms with Gasteiger partial charge in [0, 0.05) is 58.9 Å². The molecule has 0 aliphatic carbocycles. The van der Waals surface area contributed by atoms with Crippen molar-refractivity contribution >= 4 is 0 Å². The summed E-state index contributed by atoms with van der Waals surface area (Å²) >= 11 is 0. The zero-order chi connectivity index (χ0) is 24.4. The van der Waals surface area contributed by atoms with Gasteiger partial charge in [0.25, 0.3) is 0 Å². The van der Waals surface area contributed by atoms with Crippen molar-refractivity contribution in [3.63, 3.8) is 0 Å². The Bertz CT molecular complexity index is 704. The van der Waals surface area contributed by atoms with Crippen LogP contribution in [0, 0.1) is 0 Å². The lowest BCUT2D eigenvalue weighted by molar-refractivity contribution is 0.0331. The maximum absolute atomic E-state index is 9.42. The summed E-state index contributed by atoms with van der Waals surface area (Å²) in [6.45, 7) is 11.7. The normalized spacial score (nSPS) is 19.7.